The van der Waals surface area contributed by atoms with Crippen LogP contribution in [0.4, 0.5) is 4.79 Å². The Hall–Kier alpha value is -2.73. The van der Waals surface area contributed by atoms with Gasteiger partial charge in [-0.2, -0.15) is 0 Å². The van der Waals surface area contributed by atoms with Gasteiger partial charge in [0.1, 0.15) is 0 Å². The zero-order valence-corrected chi connectivity index (χ0v) is 16.9. The van der Waals surface area contributed by atoms with E-state index in [0.29, 0.717) is 18.5 Å². The molecule has 1 unspecified atom stereocenters. The maximum atomic E-state index is 11.9. The second kappa shape index (κ2) is 9.83. The average molecular weight is 370 g/mol. The van der Waals surface area contributed by atoms with Crippen molar-refractivity contribution in [1.29, 1.82) is 0 Å². The number of hydrogen-bond acceptors (Lipinski definition) is 4. The fourth-order valence-corrected chi connectivity index (χ4v) is 2.63. The van der Waals surface area contributed by atoms with E-state index in [1.165, 1.54) is 18.0 Å². The highest BCUT2D eigenvalue weighted by Crippen LogP contribution is 2.34. The zero-order chi connectivity index (χ0) is 20.6. The summed E-state index contributed by atoms with van der Waals surface area (Å²) in [5.41, 5.74) is 2.72. The number of urea groups is 1. The van der Waals surface area contributed by atoms with E-state index in [1.807, 2.05) is 26.1 Å². The highest BCUT2D eigenvalue weighted by molar-refractivity contribution is 5.98. The summed E-state index contributed by atoms with van der Waals surface area (Å²) in [5.74, 6) is -0.0625. The van der Waals surface area contributed by atoms with Gasteiger partial charge in [-0.15, -0.1) is 0 Å². The van der Waals surface area contributed by atoms with E-state index in [-0.39, 0.29) is 17.4 Å². The van der Waals surface area contributed by atoms with Gasteiger partial charge in [-0.3, -0.25) is 9.79 Å². The third-order valence-electron chi connectivity index (χ3n) is 4.56. The largest absolute Gasteiger partial charge is 0.335 e. The number of nitrogens with one attached hydrogen (secondary N) is 2. The van der Waals surface area contributed by atoms with Gasteiger partial charge in [0.25, 0.3) is 0 Å². The Morgan fingerprint density at radius 3 is 2.59 bits per heavy atom. The van der Waals surface area contributed by atoms with Gasteiger partial charge in [0, 0.05) is 44.2 Å². The van der Waals surface area contributed by atoms with Crippen LogP contribution in [0.1, 0.15) is 20.3 Å². The monoisotopic (exact) mass is 370 g/mol. The molecule has 0 radical (unpaired) electrons. The van der Waals surface area contributed by atoms with Gasteiger partial charge in [-0.25, -0.2) is 4.79 Å². The number of Topliss-reactive ketones (excluding diaryl/α,β-unsaturated/α-hetero) is 1. The molecule has 1 aliphatic carbocycles. The number of aliphatic imine (C=N–C) groups is 1. The van der Waals surface area contributed by atoms with Gasteiger partial charge in [0.15, 0.2) is 5.78 Å². The molecular formula is C21H30N4O2. The summed E-state index contributed by atoms with van der Waals surface area (Å²) in [6.07, 6.45) is 9.76. The van der Waals surface area contributed by atoms with Crippen LogP contribution in [0, 0.1) is 0 Å². The molecule has 1 rings (SSSR count). The van der Waals surface area contributed by atoms with Crippen molar-refractivity contribution < 1.29 is 9.59 Å². The van der Waals surface area contributed by atoms with Crippen molar-refractivity contribution in [2.24, 2.45) is 4.99 Å². The standard InChI is InChI=1S/C21H30N4O2/c1-8-23-14-18(10-12-24-20(27)25(6)7)17-9-11-21(4,22-5)19(13-17)15(2)16(3)26/h8-10,13-14,22H,1-2,11-12H2,3-7H3,(H,24,27)/b18-10+,23-14-. The first-order chi connectivity index (χ1) is 12.7. The molecule has 0 heterocycles. The van der Waals surface area contributed by atoms with Crippen molar-refractivity contribution >= 4 is 18.0 Å². The topological polar surface area (TPSA) is 73.8 Å². The number of nitrogens with zero attached hydrogens (tertiary/aromatic N) is 2. The van der Waals surface area contributed by atoms with Crippen LogP contribution in [-0.4, -0.2) is 56.2 Å². The normalized spacial score (nSPS) is 20.0. The molecule has 1 aliphatic rings. The lowest BCUT2D eigenvalue weighted by molar-refractivity contribution is -0.113. The molecule has 0 aliphatic heterocycles. The third-order valence-corrected chi connectivity index (χ3v) is 4.56. The molecule has 0 fully saturated rings. The Kier molecular flexibility index (Phi) is 8.12. The van der Waals surface area contributed by atoms with E-state index >= 15 is 0 Å². The summed E-state index contributed by atoms with van der Waals surface area (Å²) in [4.78, 5) is 29.2. The smallest absolute Gasteiger partial charge is 0.317 e. The fraction of sp³-hybridized carbons (Fsp3) is 0.381. The van der Waals surface area contributed by atoms with Crippen LogP contribution >= 0.6 is 0 Å². The van der Waals surface area contributed by atoms with E-state index in [9.17, 15) is 9.59 Å². The predicted molar refractivity (Wildman–Crippen MR) is 112 cm³/mol. The van der Waals surface area contributed by atoms with Crippen LogP contribution in [-0.2, 0) is 4.79 Å². The van der Waals surface area contributed by atoms with Crippen molar-refractivity contribution in [1.82, 2.24) is 15.5 Å². The second-order valence-electron chi connectivity index (χ2n) is 6.74. The van der Waals surface area contributed by atoms with Crippen LogP contribution < -0.4 is 10.6 Å². The Morgan fingerprint density at radius 2 is 2.07 bits per heavy atom. The molecule has 146 valence electrons. The van der Waals surface area contributed by atoms with Crippen molar-refractivity contribution in [3.8, 4) is 0 Å². The quantitative estimate of drug-likeness (QED) is 0.510. The third kappa shape index (κ3) is 5.89. The van der Waals surface area contributed by atoms with Gasteiger partial charge in [0.05, 0.1) is 0 Å². The minimum atomic E-state index is -0.369. The van der Waals surface area contributed by atoms with Gasteiger partial charge in [-0.05, 0) is 50.1 Å². The van der Waals surface area contributed by atoms with Crippen LogP contribution in [0.5, 0.6) is 0 Å². The molecule has 6 heteroatoms. The van der Waals surface area contributed by atoms with Crippen molar-refractivity contribution in [2.75, 3.05) is 27.7 Å². The molecule has 0 spiro atoms. The number of allylic oxidation sites excluding steroid dienone is 3. The number of hydrogen-bond donors (Lipinski definition) is 2. The van der Waals surface area contributed by atoms with Crippen molar-refractivity contribution in [2.45, 2.75) is 25.8 Å². The molecule has 0 aromatic rings. The molecule has 0 saturated heterocycles. The number of amides is 2. The average Bonchev–Trinajstić information content (AvgIpc) is 2.64. The van der Waals surface area contributed by atoms with Crippen LogP contribution in [0.15, 0.2) is 64.9 Å². The molecular weight excluding hydrogens is 340 g/mol. The van der Waals surface area contributed by atoms with E-state index in [0.717, 1.165) is 16.7 Å². The Bertz CT molecular complexity index is 741. The number of carbonyl (C=O) groups is 2. The molecule has 6 nitrogen and oxygen atoms in total. The zero-order valence-electron chi connectivity index (χ0n) is 16.9. The SMILES string of the molecule is C=C/N=C\C(=C/CNC(=O)N(C)C)C1=CCC(C)(NC)C(C(=C)C(C)=O)=C1. The number of carbonyl (C=O) groups excluding carboxylic acids is 2. The van der Waals surface area contributed by atoms with Crippen molar-refractivity contribution in [3.63, 3.8) is 0 Å². The second-order valence-corrected chi connectivity index (χ2v) is 6.74. The summed E-state index contributed by atoms with van der Waals surface area (Å²) in [5, 5.41) is 6.08. The molecule has 1 atom stereocenters. The minimum Gasteiger partial charge on any atom is -0.335 e. The first-order valence-electron chi connectivity index (χ1n) is 8.77. The first-order valence-corrected chi connectivity index (χ1v) is 8.77. The summed E-state index contributed by atoms with van der Waals surface area (Å²) < 4.78 is 0. The highest BCUT2D eigenvalue weighted by atomic mass is 16.2. The van der Waals surface area contributed by atoms with Gasteiger partial charge >= 0.3 is 6.03 Å². The highest BCUT2D eigenvalue weighted by Gasteiger charge is 2.32. The first kappa shape index (κ1) is 22.3. The number of ketones is 1. The predicted octanol–water partition coefficient (Wildman–Crippen LogP) is 2.78. The Balaban J connectivity index is 3.23. The summed E-state index contributed by atoms with van der Waals surface area (Å²) in [6.45, 7) is 11.5. The number of rotatable bonds is 8. The Morgan fingerprint density at radius 1 is 1.41 bits per heavy atom. The van der Waals surface area contributed by atoms with Crippen LogP contribution in [0.3, 0.4) is 0 Å². The van der Waals surface area contributed by atoms with Crippen LogP contribution in [0.2, 0.25) is 0 Å². The summed E-state index contributed by atoms with van der Waals surface area (Å²) in [7, 11) is 5.24. The van der Waals surface area contributed by atoms with Gasteiger partial charge in [0.2, 0.25) is 0 Å². The molecule has 0 saturated carbocycles. The van der Waals surface area contributed by atoms with Crippen LogP contribution in [0.25, 0.3) is 0 Å². The molecule has 0 bridgehead atoms. The van der Waals surface area contributed by atoms with E-state index in [2.05, 4.69) is 34.9 Å². The lowest BCUT2D eigenvalue weighted by Crippen LogP contribution is -2.43. The van der Waals surface area contributed by atoms with E-state index < -0.39 is 0 Å². The van der Waals surface area contributed by atoms with E-state index in [4.69, 9.17) is 0 Å². The molecule has 0 aromatic heterocycles. The molecule has 2 N–H and O–H groups in total. The molecule has 27 heavy (non-hydrogen) atoms. The fourth-order valence-electron chi connectivity index (χ4n) is 2.63. The van der Waals surface area contributed by atoms with E-state index in [1.54, 1.807) is 20.3 Å². The Labute approximate surface area is 162 Å². The molecule has 2 amide bonds. The minimum absolute atomic E-state index is 0.0625. The van der Waals surface area contributed by atoms with Gasteiger partial charge < -0.3 is 15.5 Å². The maximum absolute atomic E-state index is 11.9. The van der Waals surface area contributed by atoms with Crippen molar-refractivity contribution in [3.05, 3.63) is 59.9 Å². The molecule has 0 aromatic carbocycles. The maximum Gasteiger partial charge on any atom is 0.317 e. The summed E-state index contributed by atoms with van der Waals surface area (Å²) in [6, 6.07) is -0.173. The summed E-state index contributed by atoms with van der Waals surface area (Å²) >= 11 is 0. The number of likely N-dealkylation sites (N-methyl/N-ethyl adjacent to an activating group) is 1. The lowest BCUT2D eigenvalue weighted by Gasteiger charge is -2.35. The van der Waals surface area contributed by atoms with Gasteiger partial charge in [-0.1, -0.05) is 25.3 Å². The lowest BCUT2D eigenvalue weighted by atomic mass is 9.77.